The minimum atomic E-state index is -1.41. The van der Waals surface area contributed by atoms with E-state index in [9.17, 15) is 9.90 Å². The number of rotatable bonds is 7. The number of carbonyl (C=O) groups is 1. The van der Waals surface area contributed by atoms with Crippen LogP contribution in [0.3, 0.4) is 0 Å². The van der Waals surface area contributed by atoms with Gasteiger partial charge in [0.15, 0.2) is 22.1 Å². The number of thiazole rings is 1. The Morgan fingerprint density at radius 1 is 1.36 bits per heavy atom. The summed E-state index contributed by atoms with van der Waals surface area (Å²) < 4.78 is 11.5. The van der Waals surface area contributed by atoms with Crippen molar-refractivity contribution in [3.05, 3.63) is 36.7 Å². The van der Waals surface area contributed by atoms with Gasteiger partial charge in [-0.3, -0.25) is 4.79 Å². The van der Waals surface area contributed by atoms with Crippen LogP contribution in [0.5, 0.6) is 11.5 Å². The Balaban J connectivity index is 1.98. The van der Waals surface area contributed by atoms with Crippen LogP contribution in [-0.2, 0) is 11.2 Å². The molecule has 2 rings (SSSR count). The average Bonchev–Trinajstić information content (AvgIpc) is 2.93. The second-order valence-electron chi connectivity index (χ2n) is 4.86. The molecule has 2 aromatic rings. The predicted molar refractivity (Wildman–Crippen MR) is 101 cm³/mol. The summed E-state index contributed by atoms with van der Waals surface area (Å²) >= 11 is 16.0. The lowest BCUT2D eigenvalue weighted by Crippen LogP contribution is -2.30. The van der Waals surface area contributed by atoms with Crippen LogP contribution in [0.2, 0.25) is 9.62 Å². The molecule has 6 nitrogen and oxygen atoms in total. The molecule has 1 atom stereocenters. The first-order chi connectivity index (χ1) is 11.9. The van der Waals surface area contributed by atoms with Crippen LogP contribution in [0, 0.1) is 0 Å². The van der Waals surface area contributed by atoms with Crippen LogP contribution in [0.15, 0.2) is 16.6 Å². The predicted octanol–water partition coefficient (Wildman–Crippen LogP) is 3.62. The molecule has 136 valence electrons. The number of nitrogens with zero attached hydrogens (tertiary/aromatic N) is 1. The van der Waals surface area contributed by atoms with Crippen molar-refractivity contribution in [1.29, 1.82) is 0 Å². The summed E-state index contributed by atoms with van der Waals surface area (Å²) in [4.78, 5) is 16.0. The molecular formula is C15H15BrCl2N2O4S. The van der Waals surface area contributed by atoms with Crippen LogP contribution < -0.4 is 14.8 Å². The van der Waals surface area contributed by atoms with Crippen molar-refractivity contribution in [3.8, 4) is 11.5 Å². The number of aliphatic hydroxyl groups is 1. The second-order valence-corrected chi connectivity index (χ2v) is 7.69. The zero-order valence-corrected chi connectivity index (χ0v) is 17.2. The maximum absolute atomic E-state index is 12.1. The van der Waals surface area contributed by atoms with Gasteiger partial charge in [-0.1, -0.05) is 39.1 Å². The summed E-state index contributed by atoms with van der Waals surface area (Å²) in [5.41, 5.74) is 0.923. The average molecular weight is 470 g/mol. The monoisotopic (exact) mass is 468 g/mol. The standard InChI is InChI=1S/C15H15BrCl2N2O4S/c1-23-9-5-7(8(16)6-10(9)24-2)3-4-19-14(22)11(21)12-13(17)20-15(18)25-12/h5-6,11,21H,3-4H2,1-2H3,(H,19,22). The van der Waals surface area contributed by atoms with Crippen LogP contribution in [0.25, 0.3) is 0 Å². The minimum absolute atomic E-state index is 0.0280. The fourth-order valence-corrected chi connectivity index (χ4v) is 4.00. The number of aliphatic hydroxyl groups excluding tert-OH is 1. The van der Waals surface area contributed by atoms with Crippen molar-refractivity contribution in [1.82, 2.24) is 10.3 Å². The van der Waals surface area contributed by atoms with Crippen molar-refractivity contribution in [2.24, 2.45) is 0 Å². The van der Waals surface area contributed by atoms with E-state index in [1.54, 1.807) is 20.3 Å². The maximum atomic E-state index is 12.1. The number of ether oxygens (including phenoxy) is 2. The van der Waals surface area contributed by atoms with E-state index < -0.39 is 12.0 Å². The number of hydrogen-bond acceptors (Lipinski definition) is 6. The van der Waals surface area contributed by atoms with Crippen molar-refractivity contribution in [2.75, 3.05) is 20.8 Å². The topological polar surface area (TPSA) is 80.7 Å². The number of aromatic nitrogens is 1. The molecule has 1 heterocycles. The highest BCUT2D eigenvalue weighted by Gasteiger charge is 2.23. The van der Waals surface area contributed by atoms with Crippen molar-refractivity contribution < 1.29 is 19.4 Å². The lowest BCUT2D eigenvalue weighted by atomic mass is 10.1. The van der Waals surface area contributed by atoms with Gasteiger partial charge >= 0.3 is 0 Å². The summed E-state index contributed by atoms with van der Waals surface area (Å²) in [5.74, 6) is 0.631. The van der Waals surface area contributed by atoms with Gasteiger partial charge in [-0.15, -0.1) is 11.3 Å². The van der Waals surface area contributed by atoms with Gasteiger partial charge < -0.3 is 19.9 Å². The molecule has 0 spiro atoms. The largest absolute Gasteiger partial charge is 0.493 e. The van der Waals surface area contributed by atoms with Gasteiger partial charge in [0.05, 0.1) is 19.1 Å². The Hall–Kier alpha value is -1.06. The molecule has 25 heavy (non-hydrogen) atoms. The number of methoxy groups -OCH3 is 2. The van der Waals surface area contributed by atoms with Gasteiger partial charge in [-0.05, 0) is 24.1 Å². The van der Waals surface area contributed by atoms with Gasteiger partial charge in [0.2, 0.25) is 0 Å². The molecule has 0 radical (unpaired) electrons. The smallest absolute Gasteiger partial charge is 0.254 e. The molecule has 10 heteroatoms. The Bertz CT molecular complexity index is 772. The number of carbonyl (C=O) groups excluding carboxylic acids is 1. The van der Waals surface area contributed by atoms with E-state index in [1.165, 1.54) is 0 Å². The fourth-order valence-electron chi connectivity index (χ4n) is 2.08. The van der Waals surface area contributed by atoms with E-state index in [-0.39, 0.29) is 14.5 Å². The first-order valence-electron chi connectivity index (χ1n) is 7.05. The third-order valence-electron chi connectivity index (χ3n) is 3.33. The molecule has 0 saturated carbocycles. The van der Waals surface area contributed by atoms with E-state index in [0.29, 0.717) is 24.5 Å². The Morgan fingerprint density at radius 2 is 2.00 bits per heavy atom. The summed E-state index contributed by atoms with van der Waals surface area (Å²) in [5, 5.41) is 12.7. The minimum Gasteiger partial charge on any atom is -0.493 e. The van der Waals surface area contributed by atoms with Gasteiger partial charge in [0, 0.05) is 11.0 Å². The highest BCUT2D eigenvalue weighted by molar-refractivity contribution is 9.10. The van der Waals surface area contributed by atoms with E-state index in [2.05, 4.69) is 26.2 Å². The van der Waals surface area contributed by atoms with Crippen molar-refractivity contribution in [2.45, 2.75) is 12.5 Å². The first-order valence-corrected chi connectivity index (χ1v) is 9.41. The van der Waals surface area contributed by atoms with Crippen LogP contribution in [-0.4, -0.2) is 36.8 Å². The lowest BCUT2D eigenvalue weighted by Gasteiger charge is -2.13. The van der Waals surface area contributed by atoms with Crippen LogP contribution in [0.1, 0.15) is 16.5 Å². The molecule has 1 amide bonds. The number of hydrogen-bond donors (Lipinski definition) is 2. The number of amides is 1. The molecule has 1 aromatic heterocycles. The SMILES string of the molecule is COc1cc(Br)c(CCNC(=O)C(O)c2sc(Cl)nc2Cl)cc1OC. The number of nitrogens with one attached hydrogen (secondary N) is 1. The molecule has 2 N–H and O–H groups in total. The highest BCUT2D eigenvalue weighted by atomic mass is 79.9. The molecular weight excluding hydrogens is 455 g/mol. The molecule has 1 aromatic carbocycles. The van der Waals surface area contributed by atoms with Crippen molar-refractivity contribution in [3.63, 3.8) is 0 Å². The van der Waals surface area contributed by atoms with E-state index in [4.69, 9.17) is 32.7 Å². The molecule has 0 saturated heterocycles. The van der Waals surface area contributed by atoms with Gasteiger partial charge in [0.25, 0.3) is 5.91 Å². The van der Waals surface area contributed by atoms with E-state index >= 15 is 0 Å². The number of halogens is 3. The molecule has 0 aliphatic carbocycles. The van der Waals surface area contributed by atoms with Gasteiger partial charge in [-0.2, -0.15) is 0 Å². The third kappa shape index (κ3) is 4.98. The molecule has 0 bridgehead atoms. The Kier molecular flexibility index (Phi) is 7.33. The van der Waals surface area contributed by atoms with Crippen LogP contribution in [0.4, 0.5) is 0 Å². The molecule has 0 fully saturated rings. The molecule has 0 aliphatic heterocycles. The van der Waals surface area contributed by atoms with Gasteiger partial charge in [-0.25, -0.2) is 4.98 Å². The lowest BCUT2D eigenvalue weighted by molar-refractivity contribution is -0.129. The van der Waals surface area contributed by atoms with E-state index in [0.717, 1.165) is 21.4 Å². The third-order valence-corrected chi connectivity index (χ3v) is 5.68. The zero-order chi connectivity index (χ0) is 18.6. The van der Waals surface area contributed by atoms with Crippen molar-refractivity contribution >= 4 is 56.4 Å². The van der Waals surface area contributed by atoms with Crippen LogP contribution >= 0.6 is 50.5 Å². The maximum Gasteiger partial charge on any atom is 0.254 e. The Labute approximate surface area is 167 Å². The number of benzene rings is 1. The fraction of sp³-hybridized carbons (Fsp3) is 0.333. The van der Waals surface area contributed by atoms with E-state index in [1.807, 2.05) is 6.07 Å². The quantitative estimate of drug-likeness (QED) is 0.647. The summed E-state index contributed by atoms with van der Waals surface area (Å²) in [6.07, 6.45) is -0.886. The summed E-state index contributed by atoms with van der Waals surface area (Å²) in [7, 11) is 3.11. The zero-order valence-electron chi connectivity index (χ0n) is 13.3. The summed E-state index contributed by atoms with van der Waals surface area (Å²) in [6, 6.07) is 3.62. The van der Waals surface area contributed by atoms with Gasteiger partial charge in [0.1, 0.15) is 5.15 Å². The Morgan fingerprint density at radius 3 is 2.56 bits per heavy atom. The molecule has 0 aliphatic rings. The normalized spacial score (nSPS) is 11.9. The highest BCUT2D eigenvalue weighted by Crippen LogP contribution is 2.34. The second kappa shape index (κ2) is 9.05. The summed E-state index contributed by atoms with van der Waals surface area (Å²) in [6.45, 7) is 0.314. The molecule has 1 unspecified atom stereocenters. The first kappa shape index (κ1) is 20.3.